The van der Waals surface area contributed by atoms with Gasteiger partial charge in [0.1, 0.15) is 11.6 Å². The number of benzene rings is 1. The molecule has 0 aromatic heterocycles. The molecule has 0 saturated carbocycles. The molecule has 116 valence electrons. The van der Waals surface area contributed by atoms with Gasteiger partial charge < -0.3 is 10.2 Å². The Labute approximate surface area is 133 Å². The Kier molecular flexibility index (Phi) is 5.07. The van der Waals surface area contributed by atoms with E-state index in [1.54, 1.807) is 4.90 Å². The summed E-state index contributed by atoms with van der Waals surface area (Å²) in [6.45, 7) is 2.12. The summed E-state index contributed by atoms with van der Waals surface area (Å²) in [4.78, 5) is 13.9. The van der Waals surface area contributed by atoms with Crippen LogP contribution in [0.25, 0.3) is 0 Å². The molecule has 2 atom stereocenters. The summed E-state index contributed by atoms with van der Waals surface area (Å²) in [5, 5.41) is 3.09. The maximum Gasteiger partial charge on any atom is 0.256 e. The van der Waals surface area contributed by atoms with Crippen LogP contribution in [0.1, 0.15) is 23.2 Å². The van der Waals surface area contributed by atoms with Gasteiger partial charge in [-0.3, -0.25) is 4.79 Å². The van der Waals surface area contributed by atoms with Crippen molar-refractivity contribution in [2.45, 2.75) is 18.9 Å². The van der Waals surface area contributed by atoms with Gasteiger partial charge in [0, 0.05) is 19.1 Å². The summed E-state index contributed by atoms with van der Waals surface area (Å²) in [7, 11) is 0. The third kappa shape index (κ3) is 3.15. The zero-order valence-electron chi connectivity index (χ0n) is 11.2. The summed E-state index contributed by atoms with van der Waals surface area (Å²) in [6.07, 6.45) is 1.88. The lowest BCUT2D eigenvalue weighted by Crippen LogP contribution is -2.47. The molecule has 0 bridgehead atoms. The first-order valence-corrected chi connectivity index (χ1v) is 7.11. The van der Waals surface area contributed by atoms with E-state index in [9.17, 15) is 13.6 Å². The van der Waals surface area contributed by atoms with Gasteiger partial charge in [0.2, 0.25) is 0 Å². The highest BCUT2D eigenvalue weighted by atomic mass is 35.5. The average molecular weight is 337 g/mol. The van der Waals surface area contributed by atoms with E-state index in [1.165, 1.54) is 0 Å². The van der Waals surface area contributed by atoms with Crippen molar-refractivity contribution in [3.63, 3.8) is 0 Å². The largest absolute Gasteiger partial charge is 0.338 e. The zero-order chi connectivity index (χ0) is 14.3. The third-order valence-corrected chi connectivity index (χ3v) is 4.47. The van der Waals surface area contributed by atoms with Crippen molar-refractivity contribution < 1.29 is 13.6 Å². The maximum absolute atomic E-state index is 13.8. The molecule has 0 radical (unpaired) electrons. The normalized spacial score (nSPS) is 24.4. The summed E-state index contributed by atoms with van der Waals surface area (Å²) in [6, 6.07) is 2.19. The molecule has 2 fully saturated rings. The number of piperidine rings is 1. The van der Waals surface area contributed by atoms with Crippen molar-refractivity contribution in [3.05, 3.63) is 34.4 Å². The van der Waals surface area contributed by atoms with Crippen molar-refractivity contribution >= 4 is 29.9 Å². The van der Waals surface area contributed by atoms with Crippen molar-refractivity contribution in [2.75, 3.05) is 19.6 Å². The van der Waals surface area contributed by atoms with Crippen LogP contribution in [0.2, 0.25) is 5.02 Å². The second-order valence-electron chi connectivity index (χ2n) is 5.40. The van der Waals surface area contributed by atoms with Gasteiger partial charge in [-0.2, -0.15) is 0 Å². The van der Waals surface area contributed by atoms with E-state index in [0.717, 1.165) is 31.5 Å². The molecule has 1 amide bonds. The van der Waals surface area contributed by atoms with E-state index >= 15 is 0 Å². The fourth-order valence-corrected chi connectivity index (χ4v) is 3.24. The number of nitrogens with one attached hydrogen (secondary N) is 1. The maximum atomic E-state index is 13.8. The highest BCUT2D eigenvalue weighted by Crippen LogP contribution is 2.27. The molecule has 0 spiro atoms. The van der Waals surface area contributed by atoms with Crippen molar-refractivity contribution in [1.29, 1.82) is 0 Å². The lowest BCUT2D eigenvalue weighted by Gasteiger charge is -2.35. The van der Waals surface area contributed by atoms with Crippen LogP contribution in [0, 0.1) is 17.6 Å². The number of hydrogen-bond donors (Lipinski definition) is 1. The van der Waals surface area contributed by atoms with E-state index in [4.69, 9.17) is 11.6 Å². The number of hydrogen-bond acceptors (Lipinski definition) is 2. The zero-order valence-corrected chi connectivity index (χ0v) is 12.8. The number of carbonyl (C=O) groups excluding carboxylic acids is 1. The minimum absolute atomic E-state index is 0. The molecule has 2 aliphatic heterocycles. The summed E-state index contributed by atoms with van der Waals surface area (Å²) in [5.41, 5.74) is -0.240. The summed E-state index contributed by atoms with van der Waals surface area (Å²) < 4.78 is 27.2. The topological polar surface area (TPSA) is 32.3 Å². The smallest absolute Gasteiger partial charge is 0.256 e. The molecule has 2 unspecified atom stereocenters. The SMILES string of the molecule is Cl.O=C(c1cc(F)c(Cl)cc1F)N1CCC2NCCC2C1. The Morgan fingerprint density at radius 3 is 2.81 bits per heavy atom. The van der Waals surface area contributed by atoms with E-state index in [0.29, 0.717) is 25.0 Å². The van der Waals surface area contributed by atoms with Gasteiger partial charge in [0.05, 0.1) is 10.6 Å². The van der Waals surface area contributed by atoms with Gasteiger partial charge in [-0.25, -0.2) is 8.78 Å². The standard InChI is InChI=1S/C14H15ClF2N2O.ClH/c15-10-6-11(16)9(5-12(10)17)14(20)19-4-2-13-8(7-19)1-3-18-13;/h5-6,8,13,18H,1-4,7H2;1H. The number of fused-ring (bicyclic) bond motifs is 1. The molecule has 7 heteroatoms. The second kappa shape index (κ2) is 6.46. The Morgan fingerprint density at radius 1 is 1.29 bits per heavy atom. The van der Waals surface area contributed by atoms with Crippen LogP contribution in [0.3, 0.4) is 0 Å². The fourth-order valence-electron chi connectivity index (χ4n) is 3.09. The highest BCUT2D eigenvalue weighted by molar-refractivity contribution is 6.30. The number of halogens is 4. The van der Waals surface area contributed by atoms with Gasteiger partial charge in [0.15, 0.2) is 0 Å². The molecule has 2 saturated heterocycles. The van der Waals surface area contributed by atoms with E-state index in [2.05, 4.69) is 5.32 Å². The number of rotatable bonds is 1. The molecule has 1 aromatic carbocycles. The monoisotopic (exact) mass is 336 g/mol. The van der Waals surface area contributed by atoms with E-state index in [1.807, 2.05) is 0 Å². The Bertz CT molecular complexity index is 556. The number of amides is 1. The molecular weight excluding hydrogens is 321 g/mol. The lowest BCUT2D eigenvalue weighted by molar-refractivity contribution is 0.0657. The van der Waals surface area contributed by atoms with Crippen LogP contribution in [-0.4, -0.2) is 36.5 Å². The Morgan fingerprint density at radius 2 is 2.05 bits per heavy atom. The second-order valence-corrected chi connectivity index (χ2v) is 5.80. The minimum Gasteiger partial charge on any atom is -0.338 e. The molecule has 2 heterocycles. The number of likely N-dealkylation sites (tertiary alicyclic amines) is 1. The molecule has 1 aromatic rings. The summed E-state index contributed by atoms with van der Waals surface area (Å²) in [5.74, 6) is -1.58. The van der Waals surface area contributed by atoms with Gasteiger partial charge in [-0.1, -0.05) is 11.6 Å². The van der Waals surface area contributed by atoms with Crippen LogP contribution in [0.15, 0.2) is 12.1 Å². The molecule has 3 nitrogen and oxygen atoms in total. The first kappa shape index (κ1) is 16.5. The quantitative estimate of drug-likeness (QED) is 0.800. The molecular formula is C14H16Cl2F2N2O. The summed E-state index contributed by atoms with van der Waals surface area (Å²) >= 11 is 5.50. The Balaban J connectivity index is 0.00000161. The van der Waals surface area contributed by atoms with Gasteiger partial charge in [-0.05, 0) is 37.4 Å². The van der Waals surface area contributed by atoms with Crippen molar-refractivity contribution in [1.82, 2.24) is 10.2 Å². The fraction of sp³-hybridized carbons (Fsp3) is 0.500. The van der Waals surface area contributed by atoms with Crippen LogP contribution >= 0.6 is 24.0 Å². The molecule has 2 aliphatic rings. The predicted molar refractivity (Wildman–Crippen MR) is 79.0 cm³/mol. The van der Waals surface area contributed by atoms with Crippen molar-refractivity contribution in [3.8, 4) is 0 Å². The van der Waals surface area contributed by atoms with Gasteiger partial charge in [-0.15, -0.1) is 12.4 Å². The van der Waals surface area contributed by atoms with E-state index < -0.39 is 17.5 Å². The first-order chi connectivity index (χ1) is 9.56. The average Bonchev–Trinajstić information content (AvgIpc) is 2.89. The predicted octanol–water partition coefficient (Wildman–Crippen LogP) is 2.86. The first-order valence-electron chi connectivity index (χ1n) is 6.73. The van der Waals surface area contributed by atoms with Gasteiger partial charge >= 0.3 is 0 Å². The van der Waals surface area contributed by atoms with Crippen LogP contribution in [-0.2, 0) is 0 Å². The molecule has 1 N–H and O–H groups in total. The van der Waals surface area contributed by atoms with Crippen LogP contribution in [0.4, 0.5) is 8.78 Å². The van der Waals surface area contributed by atoms with Crippen LogP contribution < -0.4 is 5.32 Å². The lowest BCUT2D eigenvalue weighted by atomic mass is 9.93. The van der Waals surface area contributed by atoms with Crippen molar-refractivity contribution in [2.24, 2.45) is 5.92 Å². The number of carbonyl (C=O) groups is 1. The van der Waals surface area contributed by atoms with Crippen LogP contribution in [0.5, 0.6) is 0 Å². The molecule has 3 rings (SSSR count). The molecule has 21 heavy (non-hydrogen) atoms. The highest BCUT2D eigenvalue weighted by Gasteiger charge is 2.35. The Hall–Kier alpha value is -0.910. The van der Waals surface area contributed by atoms with Gasteiger partial charge in [0.25, 0.3) is 5.91 Å². The number of nitrogens with zero attached hydrogens (tertiary/aromatic N) is 1. The van der Waals surface area contributed by atoms with E-state index in [-0.39, 0.29) is 23.0 Å². The molecule has 0 aliphatic carbocycles. The third-order valence-electron chi connectivity index (χ3n) is 4.18. The minimum atomic E-state index is -0.770.